The van der Waals surface area contributed by atoms with Crippen LogP contribution in [-0.4, -0.2) is 82.0 Å². The van der Waals surface area contributed by atoms with Gasteiger partial charge in [-0.1, -0.05) is 59.8 Å². The van der Waals surface area contributed by atoms with Crippen LogP contribution >= 0.6 is 7.60 Å². The molecule has 0 saturated heterocycles. The fraction of sp³-hybridized carbons (Fsp3) is 0.535. The van der Waals surface area contributed by atoms with Gasteiger partial charge < -0.3 is 43.3 Å². The van der Waals surface area contributed by atoms with E-state index in [1.807, 2.05) is 39.6 Å². The summed E-state index contributed by atoms with van der Waals surface area (Å²) in [4.78, 5) is 60.2. The number of benzene rings is 2. The molecule has 59 heavy (non-hydrogen) atoms. The predicted octanol–water partition coefficient (Wildman–Crippen LogP) is 7.63. The van der Waals surface area contributed by atoms with E-state index >= 15 is 0 Å². The van der Waals surface area contributed by atoms with E-state index in [2.05, 4.69) is 10.6 Å². The maximum atomic E-state index is 14.1. The van der Waals surface area contributed by atoms with Crippen LogP contribution in [0.15, 0.2) is 52.9 Å². The number of hydroxylamine groups is 2. The SMILES string of the molecule is CCCCC[C@@H](C(=O)NCNC(=O)c1ccc(-c2cc(OCC)cc(P(=O)(OCCCC)OCCCC)c2)o1)[C@@H](CC)N(C=O)OC(=O)c1ccc2c(c1)N(C)CCO2. The Balaban J connectivity index is 1.45. The van der Waals surface area contributed by atoms with E-state index in [-0.39, 0.29) is 31.2 Å². The van der Waals surface area contributed by atoms with Gasteiger partial charge in [0.15, 0.2) is 5.76 Å². The Kier molecular flexibility index (Phi) is 18.8. The van der Waals surface area contributed by atoms with Gasteiger partial charge in [-0.15, -0.1) is 0 Å². The third-order valence-electron chi connectivity index (χ3n) is 9.91. The summed E-state index contributed by atoms with van der Waals surface area (Å²) in [6.45, 7) is 11.6. The number of fused-ring (bicyclic) bond motifs is 1. The summed E-state index contributed by atoms with van der Waals surface area (Å²) in [5.74, 6) is -1.13. The summed E-state index contributed by atoms with van der Waals surface area (Å²) in [7, 11) is -1.83. The molecule has 0 aliphatic carbocycles. The van der Waals surface area contributed by atoms with Crippen LogP contribution in [0.5, 0.6) is 11.5 Å². The Morgan fingerprint density at radius 1 is 0.915 bits per heavy atom. The lowest BCUT2D eigenvalue weighted by atomic mass is 9.90. The number of hydrogen-bond acceptors (Lipinski definition) is 12. The zero-order valence-corrected chi connectivity index (χ0v) is 36.2. The summed E-state index contributed by atoms with van der Waals surface area (Å²) >= 11 is 0. The summed E-state index contributed by atoms with van der Waals surface area (Å²) in [5, 5.41) is 6.67. The second-order valence-corrected chi connectivity index (χ2v) is 16.3. The summed E-state index contributed by atoms with van der Waals surface area (Å²) in [5.41, 5.74) is 1.47. The number of unbranched alkanes of at least 4 members (excludes halogenated alkanes) is 4. The first-order valence-electron chi connectivity index (χ1n) is 20.8. The molecule has 2 N–H and O–H groups in total. The van der Waals surface area contributed by atoms with Gasteiger partial charge in [-0.2, -0.15) is 5.06 Å². The molecule has 3 amide bonds. The molecule has 1 aliphatic heterocycles. The van der Waals surface area contributed by atoms with Crippen molar-refractivity contribution < 1.29 is 51.5 Å². The molecule has 4 rings (SSSR count). The lowest BCUT2D eigenvalue weighted by Crippen LogP contribution is -2.49. The number of furan rings is 1. The van der Waals surface area contributed by atoms with Gasteiger partial charge in [0, 0.05) is 12.6 Å². The standard InChI is InChI=1S/C43H61N4O11P/c1-7-12-15-16-35(36(10-4)47(30-48)58-43(51)31-17-18-39-37(27-31)46(6)21-24-54-39)41(49)44-29-45-42(50)40-20-19-38(57-40)32-25-33(53-11-5)28-34(26-32)59(52,55-22-13-8-2)56-23-14-9-3/h17-20,25-28,30,35-36H,7-16,21-24,29H2,1-6H3,(H,44,49)(H,45,50)/t35-,36-/m1/s1. The number of carbonyl (C=O) groups excluding carboxylic acids is 4. The van der Waals surface area contributed by atoms with Crippen molar-refractivity contribution in [2.45, 2.75) is 98.4 Å². The molecule has 2 heterocycles. The van der Waals surface area contributed by atoms with Crippen molar-refractivity contribution in [3.8, 4) is 22.8 Å². The first-order valence-corrected chi connectivity index (χ1v) is 22.3. The number of hydrogen-bond donors (Lipinski definition) is 2. The van der Waals surface area contributed by atoms with Crippen molar-refractivity contribution in [1.29, 1.82) is 0 Å². The number of nitrogens with one attached hydrogen (secondary N) is 2. The molecule has 0 spiro atoms. The molecular weight excluding hydrogens is 779 g/mol. The van der Waals surface area contributed by atoms with Gasteiger partial charge >= 0.3 is 13.6 Å². The van der Waals surface area contributed by atoms with Crippen LogP contribution in [0.2, 0.25) is 0 Å². The molecule has 324 valence electrons. The largest absolute Gasteiger partial charge is 0.494 e. The van der Waals surface area contributed by atoms with Crippen LogP contribution in [0.4, 0.5) is 5.69 Å². The molecule has 2 atom stereocenters. The Morgan fingerprint density at radius 2 is 1.64 bits per heavy atom. The minimum atomic E-state index is -3.72. The normalized spacial score (nSPS) is 13.4. The maximum Gasteiger partial charge on any atom is 0.363 e. The maximum absolute atomic E-state index is 14.1. The number of ether oxygens (including phenoxy) is 2. The molecule has 15 nitrogen and oxygen atoms in total. The molecule has 16 heteroatoms. The lowest BCUT2D eigenvalue weighted by Gasteiger charge is -2.32. The van der Waals surface area contributed by atoms with Gasteiger partial charge in [0.25, 0.3) is 5.91 Å². The van der Waals surface area contributed by atoms with Crippen LogP contribution in [0.3, 0.4) is 0 Å². The smallest absolute Gasteiger partial charge is 0.363 e. The molecule has 1 aromatic heterocycles. The fourth-order valence-corrected chi connectivity index (χ4v) is 8.26. The highest BCUT2D eigenvalue weighted by molar-refractivity contribution is 7.62. The molecule has 0 radical (unpaired) electrons. The quantitative estimate of drug-likeness (QED) is 0.0266. The van der Waals surface area contributed by atoms with E-state index in [9.17, 15) is 23.7 Å². The average Bonchev–Trinajstić information content (AvgIpc) is 3.74. The van der Waals surface area contributed by atoms with Crippen molar-refractivity contribution in [3.05, 3.63) is 59.9 Å². The second kappa shape index (κ2) is 23.7. The molecule has 1 aliphatic rings. The van der Waals surface area contributed by atoms with Crippen LogP contribution in [-0.2, 0) is 28.0 Å². The monoisotopic (exact) mass is 840 g/mol. The number of rotatable bonds is 26. The van der Waals surface area contributed by atoms with Gasteiger partial charge in [0.2, 0.25) is 12.3 Å². The molecule has 0 fully saturated rings. The number of carbonyl (C=O) groups is 4. The van der Waals surface area contributed by atoms with Crippen LogP contribution in [0, 0.1) is 5.92 Å². The van der Waals surface area contributed by atoms with Gasteiger partial charge in [0.05, 0.1) is 61.5 Å². The van der Waals surface area contributed by atoms with E-state index in [0.717, 1.165) is 36.4 Å². The highest BCUT2D eigenvalue weighted by Crippen LogP contribution is 2.49. The van der Waals surface area contributed by atoms with Gasteiger partial charge in [-0.05, 0) is 81.1 Å². The van der Waals surface area contributed by atoms with Gasteiger partial charge in [0.1, 0.15) is 23.9 Å². The minimum Gasteiger partial charge on any atom is -0.494 e. The van der Waals surface area contributed by atoms with E-state index in [1.165, 1.54) is 6.07 Å². The molecule has 0 saturated carbocycles. The Bertz CT molecular complexity index is 1870. The first kappa shape index (κ1) is 46.8. The third-order valence-corrected chi connectivity index (χ3v) is 11.8. The topological polar surface area (TPSA) is 175 Å². The Labute approximate surface area is 347 Å². The number of nitrogens with zero attached hydrogens (tertiary/aromatic N) is 2. The highest BCUT2D eigenvalue weighted by atomic mass is 31.2. The number of likely N-dealkylation sites (N-methyl/N-ethyl adjacent to an activating group) is 1. The number of amides is 3. The van der Waals surface area contributed by atoms with Crippen molar-refractivity contribution >= 4 is 42.8 Å². The van der Waals surface area contributed by atoms with Crippen molar-refractivity contribution in [2.24, 2.45) is 5.92 Å². The van der Waals surface area contributed by atoms with E-state index in [0.29, 0.717) is 86.4 Å². The second-order valence-electron chi connectivity index (χ2n) is 14.3. The Hall–Kier alpha value is -4.85. The summed E-state index contributed by atoms with van der Waals surface area (Å²) in [6, 6.07) is 12.3. The van der Waals surface area contributed by atoms with E-state index < -0.39 is 37.3 Å². The first-order chi connectivity index (χ1) is 28.5. The van der Waals surface area contributed by atoms with Crippen LogP contribution in [0.25, 0.3) is 11.3 Å². The molecular formula is C43H61N4O11P. The summed E-state index contributed by atoms with van der Waals surface area (Å²) in [6.07, 6.45) is 6.76. The molecule has 2 aromatic carbocycles. The van der Waals surface area contributed by atoms with Crippen molar-refractivity contribution in [2.75, 3.05) is 51.6 Å². The third kappa shape index (κ3) is 13.1. The van der Waals surface area contributed by atoms with Gasteiger partial charge in [-0.25, -0.2) is 4.79 Å². The highest BCUT2D eigenvalue weighted by Gasteiger charge is 2.34. The zero-order chi connectivity index (χ0) is 42.8. The van der Waals surface area contributed by atoms with Crippen LogP contribution in [0.1, 0.15) is 113 Å². The molecule has 0 bridgehead atoms. The molecule has 3 aromatic rings. The van der Waals surface area contributed by atoms with Crippen molar-refractivity contribution in [3.63, 3.8) is 0 Å². The van der Waals surface area contributed by atoms with E-state index in [4.69, 9.17) is 27.8 Å². The molecule has 0 unspecified atom stereocenters. The fourth-order valence-electron chi connectivity index (χ4n) is 6.57. The number of anilines is 1. The van der Waals surface area contributed by atoms with E-state index in [1.54, 1.807) is 49.4 Å². The summed E-state index contributed by atoms with van der Waals surface area (Å²) < 4.78 is 43.3. The lowest BCUT2D eigenvalue weighted by molar-refractivity contribution is -0.171. The predicted molar refractivity (Wildman–Crippen MR) is 225 cm³/mol. The van der Waals surface area contributed by atoms with Crippen LogP contribution < -0.4 is 30.3 Å². The average molecular weight is 841 g/mol. The minimum absolute atomic E-state index is 0.0240. The Morgan fingerprint density at radius 3 is 2.31 bits per heavy atom. The van der Waals surface area contributed by atoms with Gasteiger partial charge in [-0.3, -0.25) is 18.9 Å². The zero-order valence-electron chi connectivity index (χ0n) is 35.3. The van der Waals surface area contributed by atoms with Crippen molar-refractivity contribution in [1.82, 2.24) is 15.7 Å².